The maximum absolute atomic E-state index is 13.1. The zero-order valence-corrected chi connectivity index (χ0v) is 16.2. The topological polar surface area (TPSA) is 78.5 Å². The molecule has 1 fully saturated rings. The first kappa shape index (κ1) is 18.7. The van der Waals surface area contributed by atoms with Gasteiger partial charge in [0.25, 0.3) is 5.91 Å². The van der Waals surface area contributed by atoms with Crippen LogP contribution in [0.25, 0.3) is 10.8 Å². The summed E-state index contributed by atoms with van der Waals surface area (Å²) in [6, 6.07) is 20.2. The zero-order chi connectivity index (χ0) is 20.6. The fourth-order valence-corrected chi connectivity index (χ4v) is 3.52. The Bertz CT molecular complexity index is 1120. The highest BCUT2D eigenvalue weighted by Crippen LogP contribution is 2.31. The number of aryl methyl sites for hydroxylation is 1. The molecule has 0 spiro atoms. The van der Waals surface area contributed by atoms with Gasteiger partial charge in [0.05, 0.1) is 0 Å². The van der Waals surface area contributed by atoms with Crippen LogP contribution in [0.1, 0.15) is 18.1 Å². The highest BCUT2D eigenvalue weighted by atomic mass is 16.2. The van der Waals surface area contributed by atoms with Gasteiger partial charge >= 0.3 is 6.03 Å². The lowest BCUT2D eigenvalue weighted by molar-refractivity contribution is -0.133. The predicted molar refractivity (Wildman–Crippen MR) is 111 cm³/mol. The molecule has 0 radical (unpaired) electrons. The highest BCUT2D eigenvalue weighted by molar-refractivity contribution is 6.10. The highest BCUT2D eigenvalue weighted by Gasteiger charge is 2.49. The third kappa shape index (κ3) is 3.45. The molecule has 0 bridgehead atoms. The smallest absolute Gasteiger partial charge is 0.325 e. The number of fused-ring (bicyclic) bond motifs is 1. The van der Waals surface area contributed by atoms with E-state index in [1.807, 2.05) is 61.5 Å². The van der Waals surface area contributed by atoms with Gasteiger partial charge in [-0.25, -0.2) is 4.79 Å². The van der Waals surface area contributed by atoms with E-state index in [-0.39, 0.29) is 6.54 Å². The maximum atomic E-state index is 13.1. The monoisotopic (exact) mass is 387 g/mol. The van der Waals surface area contributed by atoms with Crippen molar-refractivity contribution in [3.8, 4) is 0 Å². The van der Waals surface area contributed by atoms with Crippen LogP contribution in [0, 0.1) is 6.92 Å². The van der Waals surface area contributed by atoms with Crippen molar-refractivity contribution in [3.05, 3.63) is 77.9 Å². The molecule has 1 aliphatic heterocycles. The first-order valence-corrected chi connectivity index (χ1v) is 9.37. The van der Waals surface area contributed by atoms with Crippen LogP contribution in [-0.4, -0.2) is 29.3 Å². The third-order valence-corrected chi connectivity index (χ3v) is 5.24. The van der Waals surface area contributed by atoms with Crippen LogP contribution in [0.4, 0.5) is 10.5 Å². The largest absolute Gasteiger partial charge is 0.325 e. The molecule has 1 aliphatic rings. The molecule has 0 aromatic heterocycles. The van der Waals surface area contributed by atoms with E-state index in [0.29, 0.717) is 11.3 Å². The van der Waals surface area contributed by atoms with Gasteiger partial charge in [0.15, 0.2) is 0 Å². The Kier molecular flexibility index (Phi) is 4.54. The number of imide groups is 1. The second kappa shape index (κ2) is 7.05. The van der Waals surface area contributed by atoms with Gasteiger partial charge in [0, 0.05) is 5.69 Å². The van der Waals surface area contributed by atoms with Crippen molar-refractivity contribution in [1.82, 2.24) is 10.2 Å². The van der Waals surface area contributed by atoms with Crippen molar-refractivity contribution in [2.24, 2.45) is 0 Å². The number of benzene rings is 3. The summed E-state index contributed by atoms with van der Waals surface area (Å²) in [5.41, 5.74) is 1.15. The second-order valence-electron chi connectivity index (χ2n) is 7.42. The molecular weight excluding hydrogens is 366 g/mol. The minimum Gasteiger partial charge on any atom is -0.325 e. The van der Waals surface area contributed by atoms with E-state index in [9.17, 15) is 14.4 Å². The van der Waals surface area contributed by atoms with Crippen molar-refractivity contribution in [2.45, 2.75) is 19.4 Å². The molecule has 2 N–H and O–H groups in total. The summed E-state index contributed by atoms with van der Waals surface area (Å²) in [7, 11) is 0. The number of rotatable bonds is 4. The molecule has 4 amide bonds. The van der Waals surface area contributed by atoms with Crippen LogP contribution in [0.15, 0.2) is 66.7 Å². The minimum atomic E-state index is -1.22. The average molecular weight is 387 g/mol. The van der Waals surface area contributed by atoms with E-state index in [1.165, 1.54) is 0 Å². The summed E-state index contributed by atoms with van der Waals surface area (Å²) in [5.74, 6) is -0.878. The van der Waals surface area contributed by atoms with Gasteiger partial charge in [-0.2, -0.15) is 0 Å². The molecule has 3 aromatic rings. The SMILES string of the molecule is Cc1ccc(NC(=O)CN2C(=O)NC(C)(c3ccc4ccccc4c3)C2=O)cc1. The van der Waals surface area contributed by atoms with Crippen LogP contribution in [0.5, 0.6) is 0 Å². The zero-order valence-electron chi connectivity index (χ0n) is 16.2. The van der Waals surface area contributed by atoms with Crippen molar-refractivity contribution >= 4 is 34.3 Å². The molecule has 1 atom stereocenters. The standard InChI is InChI=1S/C23H21N3O3/c1-15-7-11-19(12-8-15)24-20(27)14-26-21(28)23(2,25-22(26)29)18-10-9-16-5-3-4-6-17(16)13-18/h3-13H,14H2,1-2H3,(H,24,27)(H,25,29). The molecule has 6 nitrogen and oxygen atoms in total. The fraction of sp³-hybridized carbons (Fsp3) is 0.174. The Hall–Kier alpha value is -3.67. The number of hydrogen-bond acceptors (Lipinski definition) is 3. The first-order valence-electron chi connectivity index (χ1n) is 9.37. The van der Waals surface area contributed by atoms with Crippen molar-refractivity contribution in [3.63, 3.8) is 0 Å². The lowest BCUT2D eigenvalue weighted by Crippen LogP contribution is -2.42. The number of amides is 4. The van der Waals surface area contributed by atoms with E-state index in [0.717, 1.165) is 21.2 Å². The Morgan fingerprint density at radius 1 is 1.00 bits per heavy atom. The van der Waals surface area contributed by atoms with Crippen molar-refractivity contribution in [2.75, 3.05) is 11.9 Å². The van der Waals surface area contributed by atoms with Crippen LogP contribution in [-0.2, 0) is 15.1 Å². The third-order valence-electron chi connectivity index (χ3n) is 5.24. The van der Waals surface area contributed by atoms with E-state index in [1.54, 1.807) is 19.1 Å². The Balaban J connectivity index is 1.54. The van der Waals surface area contributed by atoms with Crippen LogP contribution < -0.4 is 10.6 Å². The van der Waals surface area contributed by atoms with Gasteiger partial charge in [-0.3, -0.25) is 14.5 Å². The average Bonchev–Trinajstić information content (AvgIpc) is 2.93. The molecule has 0 aliphatic carbocycles. The van der Waals surface area contributed by atoms with Crippen LogP contribution >= 0.6 is 0 Å². The molecule has 1 heterocycles. The summed E-state index contributed by atoms with van der Waals surface area (Å²) in [5, 5.41) is 7.48. The molecule has 29 heavy (non-hydrogen) atoms. The molecule has 0 saturated carbocycles. The number of nitrogens with zero attached hydrogens (tertiary/aromatic N) is 1. The molecular formula is C23H21N3O3. The lowest BCUT2D eigenvalue weighted by Gasteiger charge is -2.22. The Labute approximate surface area is 168 Å². The molecule has 1 unspecified atom stereocenters. The summed E-state index contributed by atoms with van der Waals surface area (Å²) in [6.07, 6.45) is 0. The fourth-order valence-electron chi connectivity index (χ4n) is 3.52. The summed E-state index contributed by atoms with van der Waals surface area (Å²) >= 11 is 0. The number of urea groups is 1. The van der Waals surface area contributed by atoms with Gasteiger partial charge in [-0.1, -0.05) is 54.1 Å². The van der Waals surface area contributed by atoms with Gasteiger partial charge in [-0.05, 0) is 48.4 Å². The lowest BCUT2D eigenvalue weighted by atomic mass is 9.90. The molecule has 4 rings (SSSR count). The van der Waals surface area contributed by atoms with Crippen LogP contribution in [0.3, 0.4) is 0 Å². The summed E-state index contributed by atoms with van der Waals surface area (Å²) < 4.78 is 0. The number of anilines is 1. The van der Waals surface area contributed by atoms with Crippen LogP contribution in [0.2, 0.25) is 0 Å². The van der Waals surface area contributed by atoms with Gasteiger partial charge in [0.2, 0.25) is 5.91 Å². The molecule has 146 valence electrons. The predicted octanol–water partition coefficient (Wildman–Crippen LogP) is 3.55. The Morgan fingerprint density at radius 3 is 2.41 bits per heavy atom. The number of nitrogens with one attached hydrogen (secondary N) is 2. The Morgan fingerprint density at radius 2 is 1.69 bits per heavy atom. The van der Waals surface area contributed by atoms with Gasteiger partial charge in [0.1, 0.15) is 12.1 Å². The summed E-state index contributed by atoms with van der Waals surface area (Å²) in [4.78, 5) is 38.9. The van der Waals surface area contributed by atoms with E-state index in [2.05, 4.69) is 10.6 Å². The quantitative estimate of drug-likeness (QED) is 0.672. The molecule has 1 saturated heterocycles. The maximum Gasteiger partial charge on any atom is 0.325 e. The van der Waals surface area contributed by atoms with Gasteiger partial charge in [-0.15, -0.1) is 0 Å². The number of carbonyl (C=O) groups excluding carboxylic acids is 3. The van der Waals surface area contributed by atoms with Crippen molar-refractivity contribution < 1.29 is 14.4 Å². The summed E-state index contributed by atoms with van der Waals surface area (Å²) in [6.45, 7) is 3.27. The van der Waals surface area contributed by atoms with Crippen molar-refractivity contribution in [1.29, 1.82) is 0 Å². The number of carbonyl (C=O) groups is 3. The molecule has 6 heteroatoms. The van der Waals surface area contributed by atoms with Gasteiger partial charge < -0.3 is 10.6 Å². The second-order valence-corrected chi connectivity index (χ2v) is 7.42. The normalized spacial score (nSPS) is 18.8. The van der Waals surface area contributed by atoms with E-state index < -0.39 is 23.4 Å². The van der Waals surface area contributed by atoms with E-state index >= 15 is 0 Å². The van der Waals surface area contributed by atoms with E-state index in [4.69, 9.17) is 0 Å². The first-order chi connectivity index (χ1) is 13.9. The number of hydrogen-bond donors (Lipinski definition) is 2. The molecule has 3 aromatic carbocycles. The minimum absolute atomic E-state index is 0.346.